The summed E-state index contributed by atoms with van der Waals surface area (Å²) in [5, 5.41) is 0. The second-order valence-electron chi connectivity index (χ2n) is 6.27. The number of ether oxygens (including phenoxy) is 1. The Bertz CT molecular complexity index is 715. The van der Waals surface area contributed by atoms with Crippen LogP contribution in [0.5, 0.6) is 0 Å². The standard InChI is InChI=1S/C20H23N3O2/c1-3-11-25-19-8-10-23(18(19)12-16-5-4-9-21-13-16)20(24)17-7-6-15(2)22-14-17/h3-7,9,13-14,18-19H,1,8,10-12H2,2H3/t18-,19+/m0/s1. The third-order valence-electron chi connectivity index (χ3n) is 4.50. The van der Waals surface area contributed by atoms with Gasteiger partial charge in [0.15, 0.2) is 0 Å². The van der Waals surface area contributed by atoms with E-state index in [0.717, 1.165) is 24.1 Å². The Hall–Kier alpha value is -2.53. The second-order valence-corrected chi connectivity index (χ2v) is 6.27. The van der Waals surface area contributed by atoms with E-state index >= 15 is 0 Å². The van der Waals surface area contributed by atoms with E-state index in [9.17, 15) is 4.79 Å². The number of pyridine rings is 2. The molecule has 2 aromatic heterocycles. The molecule has 0 aromatic carbocycles. The van der Waals surface area contributed by atoms with Crippen molar-refractivity contribution in [3.05, 3.63) is 72.3 Å². The fourth-order valence-electron chi connectivity index (χ4n) is 3.23. The van der Waals surface area contributed by atoms with E-state index < -0.39 is 0 Å². The predicted octanol–water partition coefficient (Wildman–Crippen LogP) is 2.81. The van der Waals surface area contributed by atoms with Crippen molar-refractivity contribution in [1.82, 2.24) is 14.9 Å². The molecule has 0 saturated carbocycles. The van der Waals surface area contributed by atoms with Gasteiger partial charge in [0.05, 0.1) is 24.3 Å². The maximum absolute atomic E-state index is 13.0. The van der Waals surface area contributed by atoms with Gasteiger partial charge in [-0.2, -0.15) is 0 Å². The van der Waals surface area contributed by atoms with Crippen LogP contribution in [-0.2, 0) is 11.2 Å². The number of likely N-dealkylation sites (tertiary alicyclic amines) is 1. The Morgan fingerprint density at radius 2 is 2.28 bits per heavy atom. The van der Waals surface area contributed by atoms with Crippen LogP contribution in [0.3, 0.4) is 0 Å². The molecule has 2 atom stereocenters. The van der Waals surface area contributed by atoms with E-state index in [2.05, 4.69) is 16.5 Å². The van der Waals surface area contributed by atoms with Crippen molar-refractivity contribution in [1.29, 1.82) is 0 Å². The molecule has 2 aromatic rings. The van der Waals surface area contributed by atoms with Crippen molar-refractivity contribution < 1.29 is 9.53 Å². The summed E-state index contributed by atoms with van der Waals surface area (Å²) in [7, 11) is 0. The largest absolute Gasteiger partial charge is 0.372 e. The molecule has 5 nitrogen and oxygen atoms in total. The summed E-state index contributed by atoms with van der Waals surface area (Å²) in [6, 6.07) is 7.64. The fraction of sp³-hybridized carbons (Fsp3) is 0.350. The van der Waals surface area contributed by atoms with Crippen LogP contribution in [0.2, 0.25) is 0 Å². The maximum Gasteiger partial charge on any atom is 0.255 e. The molecule has 130 valence electrons. The van der Waals surface area contributed by atoms with E-state index in [0.29, 0.717) is 18.7 Å². The molecule has 0 bridgehead atoms. The van der Waals surface area contributed by atoms with Gasteiger partial charge in [0.2, 0.25) is 0 Å². The molecule has 5 heteroatoms. The highest BCUT2D eigenvalue weighted by Crippen LogP contribution is 2.26. The van der Waals surface area contributed by atoms with Crippen LogP contribution in [0.15, 0.2) is 55.5 Å². The van der Waals surface area contributed by atoms with Gasteiger partial charge in [0.1, 0.15) is 0 Å². The molecule has 3 heterocycles. The molecule has 0 spiro atoms. The Morgan fingerprint density at radius 3 is 2.96 bits per heavy atom. The molecule has 1 fully saturated rings. The third-order valence-corrected chi connectivity index (χ3v) is 4.50. The van der Waals surface area contributed by atoms with Gasteiger partial charge in [-0.15, -0.1) is 6.58 Å². The highest BCUT2D eigenvalue weighted by atomic mass is 16.5. The lowest BCUT2D eigenvalue weighted by Gasteiger charge is -2.28. The van der Waals surface area contributed by atoms with Gasteiger partial charge < -0.3 is 9.64 Å². The molecule has 0 N–H and O–H groups in total. The SMILES string of the molecule is C=CCO[C@@H]1CCN(C(=O)c2ccc(C)nc2)[C@H]1Cc1cccnc1. The topological polar surface area (TPSA) is 55.3 Å². The van der Waals surface area contributed by atoms with Gasteiger partial charge in [-0.3, -0.25) is 14.8 Å². The summed E-state index contributed by atoms with van der Waals surface area (Å²) >= 11 is 0. The second kappa shape index (κ2) is 8.03. The van der Waals surface area contributed by atoms with E-state index in [4.69, 9.17) is 4.74 Å². The van der Waals surface area contributed by atoms with E-state index in [1.807, 2.05) is 42.3 Å². The molecule has 3 rings (SSSR count). The Morgan fingerprint density at radius 1 is 1.40 bits per heavy atom. The number of carbonyl (C=O) groups is 1. The van der Waals surface area contributed by atoms with Crippen LogP contribution < -0.4 is 0 Å². The number of aryl methyl sites for hydroxylation is 1. The minimum atomic E-state index is -0.0158. The first-order valence-corrected chi connectivity index (χ1v) is 8.54. The number of hydrogen-bond donors (Lipinski definition) is 0. The van der Waals surface area contributed by atoms with E-state index in [1.54, 1.807) is 18.5 Å². The van der Waals surface area contributed by atoms with Gasteiger partial charge in [-0.25, -0.2) is 0 Å². The molecular weight excluding hydrogens is 314 g/mol. The average molecular weight is 337 g/mol. The Kier molecular flexibility index (Phi) is 5.56. The molecule has 0 aliphatic carbocycles. The van der Waals surface area contributed by atoms with Crippen molar-refractivity contribution in [2.45, 2.75) is 31.9 Å². The molecule has 1 aliphatic rings. The Labute approximate surface area is 148 Å². The minimum Gasteiger partial charge on any atom is -0.372 e. The van der Waals surface area contributed by atoms with Crippen molar-refractivity contribution >= 4 is 5.91 Å². The molecular formula is C20H23N3O2. The Balaban J connectivity index is 1.81. The van der Waals surface area contributed by atoms with Crippen molar-refractivity contribution in [3.8, 4) is 0 Å². The molecule has 1 amide bonds. The fourth-order valence-corrected chi connectivity index (χ4v) is 3.23. The minimum absolute atomic E-state index is 0.000522. The lowest BCUT2D eigenvalue weighted by molar-refractivity contribution is 0.0379. The summed E-state index contributed by atoms with van der Waals surface area (Å²) < 4.78 is 5.92. The van der Waals surface area contributed by atoms with Gasteiger partial charge >= 0.3 is 0 Å². The zero-order chi connectivity index (χ0) is 17.6. The van der Waals surface area contributed by atoms with Crippen LogP contribution in [0.25, 0.3) is 0 Å². The molecule has 1 saturated heterocycles. The normalized spacial score (nSPS) is 19.8. The number of nitrogens with zero attached hydrogens (tertiary/aromatic N) is 3. The van der Waals surface area contributed by atoms with Crippen LogP contribution in [0.4, 0.5) is 0 Å². The predicted molar refractivity (Wildman–Crippen MR) is 96.3 cm³/mol. The van der Waals surface area contributed by atoms with Gasteiger partial charge in [-0.05, 0) is 43.5 Å². The zero-order valence-electron chi connectivity index (χ0n) is 14.5. The molecule has 25 heavy (non-hydrogen) atoms. The summed E-state index contributed by atoms with van der Waals surface area (Å²) in [5.74, 6) is 0.00564. The van der Waals surface area contributed by atoms with Gasteiger partial charge in [-0.1, -0.05) is 12.1 Å². The average Bonchev–Trinajstić information content (AvgIpc) is 3.03. The first kappa shape index (κ1) is 17.3. The van der Waals surface area contributed by atoms with E-state index in [-0.39, 0.29) is 18.1 Å². The highest BCUT2D eigenvalue weighted by Gasteiger charge is 2.38. The van der Waals surface area contributed by atoms with Gasteiger partial charge in [0.25, 0.3) is 5.91 Å². The van der Waals surface area contributed by atoms with Crippen LogP contribution >= 0.6 is 0 Å². The lowest BCUT2D eigenvalue weighted by Crippen LogP contribution is -2.42. The first-order chi connectivity index (χ1) is 12.2. The summed E-state index contributed by atoms with van der Waals surface area (Å²) in [5.41, 5.74) is 2.62. The molecule has 0 radical (unpaired) electrons. The smallest absolute Gasteiger partial charge is 0.255 e. The number of hydrogen-bond acceptors (Lipinski definition) is 4. The number of aromatic nitrogens is 2. The van der Waals surface area contributed by atoms with Crippen molar-refractivity contribution in [2.24, 2.45) is 0 Å². The van der Waals surface area contributed by atoms with Crippen molar-refractivity contribution in [3.63, 3.8) is 0 Å². The van der Waals surface area contributed by atoms with Crippen LogP contribution in [-0.4, -0.2) is 46.1 Å². The van der Waals surface area contributed by atoms with Gasteiger partial charge in [0, 0.05) is 30.8 Å². The monoisotopic (exact) mass is 337 g/mol. The quantitative estimate of drug-likeness (QED) is 0.761. The van der Waals surface area contributed by atoms with Crippen LogP contribution in [0, 0.1) is 6.92 Å². The molecule has 0 unspecified atom stereocenters. The summed E-state index contributed by atoms with van der Waals surface area (Å²) in [4.78, 5) is 23.3. The third kappa shape index (κ3) is 4.12. The van der Waals surface area contributed by atoms with Crippen LogP contribution in [0.1, 0.15) is 28.0 Å². The number of amides is 1. The highest BCUT2D eigenvalue weighted by molar-refractivity contribution is 5.94. The van der Waals surface area contributed by atoms with Crippen molar-refractivity contribution in [2.75, 3.05) is 13.2 Å². The summed E-state index contributed by atoms with van der Waals surface area (Å²) in [6.45, 7) is 6.80. The maximum atomic E-state index is 13.0. The zero-order valence-corrected chi connectivity index (χ0v) is 14.5. The first-order valence-electron chi connectivity index (χ1n) is 8.54. The molecule has 1 aliphatic heterocycles. The number of carbonyl (C=O) groups excluding carboxylic acids is 1. The summed E-state index contributed by atoms with van der Waals surface area (Å²) in [6.07, 6.45) is 8.54. The van der Waals surface area contributed by atoms with E-state index in [1.165, 1.54) is 0 Å². The number of rotatable bonds is 6. The lowest BCUT2D eigenvalue weighted by atomic mass is 10.0.